The van der Waals surface area contributed by atoms with Crippen LogP contribution in [0.4, 0.5) is 14.6 Å². The number of amides is 1. The normalized spacial score (nSPS) is 19.8. The SMILES string of the molecule is C[C@@H](Oc1nc(-c2ccc(N3CCNCC3)nc2)cc2ncn(C(F)F)c12)C1CNC(=O)C1. The summed E-state index contributed by atoms with van der Waals surface area (Å²) in [7, 11) is 0. The lowest BCUT2D eigenvalue weighted by atomic mass is 10.0. The molecular weight excluding hydrogens is 432 g/mol. The van der Waals surface area contributed by atoms with E-state index in [-0.39, 0.29) is 23.2 Å². The molecular formula is C22H25F2N7O2. The van der Waals surface area contributed by atoms with Crippen LogP contribution in [0, 0.1) is 5.92 Å². The fourth-order valence-electron chi connectivity index (χ4n) is 4.25. The predicted octanol–water partition coefficient (Wildman–Crippen LogP) is 2.20. The molecule has 3 aromatic rings. The molecule has 2 N–H and O–H groups in total. The molecule has 0 radical (unpaired) electrons. The smallest absolute Gasteiger partial charge is 0.320 e. The molecule has 5 heterocycles. The van der Waals surface area contributed by atoms with Crippen LogP contribution in [0.15, 0.2) is 30.7 Å². The van der Waals surface area contributed by atoms with Gasteiger partial charge in [0, 0.05) is 56.8 Å². The summed E-state index contributed by atoms with van der Waals surface area (Å²) >= 11 is 0. The van der Waals surface area contributed by atoms with Crippen LogP contribution >= 0.6 is 0 Å². The number of piperazine rings is 1. The highest BCUT2D eigenvalue weighted by Crippen LogP contribution is 2.33. The van der Waals surface area contributed by atoms with Gasteiger partial charge in [-0.3, -0.25) is 9.36 Å². The van der Waals surface area contributed by atoms with E-state index in [0.29, 0.717) is 24.2 Å². The van der Waals surface area contributed by atoms with E-state index >= 15 is 0 Å². The van der Waals surface area contributed by atoms with Crippen molar-refractivity contribution < 1.29 is 18.3 Å². The lowest BCUT2D eigenvalue weighted by molar-refractivity contribution is -0.119. The molecule has 174 valence electrons. The fraction of sp³-hybridized carbons (Fsp3) is 0.455. The minimum atomic E-state index is -2.78. The molecule has 1 amide bonds. The van der Waals surface area contributed by atoms with Gasteiger partial charge < -0.3 is 20.3 Å². The highest BCUT2D eigenvalue weighted by atomic mass is 19.3. The lowest BCUT2D eigenvalue weighted by Gasteiger charge is -2.28. The van der Waals surface area contributed by atoms with Crippen LogP contribution in [-0.4, -0.2) is 64.3 Å². The molecule has 0 spiro atoms. The van der Waals surface area contributed by atoms with Gasteiger partial charge in [0.05, 0.1) is 11.2 Å². The number of pyridine rings is 2. The second-order valence-corrected chi connectivity index (χ2v) is 8.34. The van der Waals surface area contributed by atoms with Gasteiger partial charge in [0.15, 0.2) is 0 Å². The number of hydrogen-bond donors (Lipinski definition) is 2. The maximum atomic E-state index is 13.6. The Labute approximate surface area is 189 Å². The van der Waals surface area contributed by atoms with Crippen LogP contribution in [0.1, 0.15) is 19.9 Å². The maximum absolute atomic E-state index is 13.6. The number of ether oxygens (including phenoxy) is 1. The van der Waals surface area contributed by atoms with Gasteiger partial charge in [-0.15, -0.1) is 0 Å². The molecule has 0 aromatic carbocycles. The Morgan fingerprint density at radius 1 is 1.21 bits per heavy atom. The summed E-state index contributed by atoms with van der Waals surface area (Å²) < 4.78 is 34.0. The monoisotopic (exact) mass is 457 g/mol. The third kappa shape index (κ3) is 4.32. The van der Waals surface area contributed by atoms with Gasteiger partial charge in [-0.1, -0.05) is 0 Å². The van der Waals surface area contributed by atoms with E-state index in [1.165, 1.54) is 0 Å². The Morgan fingerprint density at radius 2 is 2.03 bits per heavy atom. The Morgan fingerprint density at radius 3 is 2.70 bits per heavy atom. The molecule has 5 rings (SSSR count). The molecule has 0 saturated carbocycles. The largest absolute Gasteiger partial charge is 0.473 e. The van der Waals surface area contributed by atoms with Crippen LogP contribution in [0.25, 0.3) is 22.3 Å². The molecule has 1 unspecified atom stereocenters. The van der Waals surface area contributed by atoms with Crippen LogP contribution in [0.2, 0.25) is 0 Å². The predicted molar refractivity (Wildman–Crippen MR) is 118 cm³/mol. The number of imidazole rings is 1. The molecule has 2 saturated heterocycles. The van der Waals surface area contributed by atoms with Crippen molar-refractivity contribution in [3.05, 3.63) is 30.7 Å². The van der Waals surface area contributed by atoms with Crippen LogP contribution in [0.5, 0.6) is 5.88 Å². The van der Waals surface area contributed by atoms with Gasteiger partial charge in [-0.25, -0.2) is 15.0 Å². The van der Waals surface area contributed by atoms with Crippen molar-refractivity contribution in [2.24, 2.45) is 5.92 Å². The number of hydrogen-bond acceptors (Lipinski definition) is 7. The van der Waals surface area contributed by atoms with Crippen LogP contribution in [0.3, 0.4) is 0 Å². The van der Waals surface area contributed by atoms with Crippen molar-refractivity contribution in [2.75, 3.05) is 37.6 Å². The quantitative estimate of drug-likeness (QED) is 0.586. The van der Waals surface area contributed by atoms with Crippen molar-refractivity contribution in [1.82, 2.24) is 30.2 Å². The van der Waals surface area contributed by atoms with Gasteiger partial charge in [0.2, 0.25) is 11.8 Å². The number of anilines is 1. The number of halogens is 2. The molecule has 0 bridgehead atoms. The number of rotatable bonds is 6. The zero-order valence-electron chi connectivity index (χ0n) is 18.2. The summed E-state index contributed by atoms with van der Waals surface area (Å²) in [6.07, 6.45) is 2.74. The highest BCUT2D eigenvalue weighted by molar-refractivity contribution is 5.84. The summed E-state index contributed by atoms with van der Waals surface area (Å²) in [4.78, 5) is 27.1. The summed E-state index contributed by atoms with van der Waals surface area (Å²) in [5, 5.41) is 6.09. The summed E-state index contributed by atoms with van der Waals surface area (Å²) in [6, 6.07) is 5.51. The number of nitrogens with zero attached hydrogens (tertiary/aromatic N) is 5. The van der Waals surface area contributed by atoms with Crippen LogP contribution in [-0.2, 0) is 4.79 Å². The maximum Gasteiger partial charge on any atom is 0.320 e. The van der Waals surface area contributed by atoms with E-state index in [2.05, 4.69) is 30.5 Å². The average molecular weight is 457 g/mol. The van der Waals surface area contributed by atoms with E-state index in [4.69, 9.17) is 4.74 Å². The van der Waals surface area contributed by atoms with E-state index in [9.17, 15) is 13.6 Å². The molecule has 2 aliphatic rings. The molecule has 2 atom stereocenters. The first-order valence-corrected chi connectivity index (χ1v) is 11.0. The third-order valence-electron chi connectivity index (χ3n) is 6.19. The second kappa shape index (κ2) is 8.89. The fourth-order valence-corrected chi connectivity index (χ4v) is 4.25. The van der Waals surface area contributed by atoms with Crippen molar-refractivity contribution in [3.63, 3.8) is 0 Å². The molecule has 2 fully saturated rings. The Bertz CT molecular complexity index is 1150. The zero-order chi connectivity index (χ0) is 22.9. The minimum Gasteiger partial charge on any atom is -0.473 e. The Balaban J connectivity index is 1.48. The number of alkyl halides is 2. The van der Waals surface area contributed by atoms with Crippen molar-refractivity contribution in [1.29, 1.82) is 0 Å². The van der Waals surface area contributed by atoms with Gasteiger partial charge in [-0.05, 0) is 25.1 Å². The molecule has 3 aromatic heterocycles. The summed E-state index contributed by atoms with van der Waals surface area (Å²) in [5.74, 6) is 0.835. The molecule has 11 heteroatoms. The minimum absolute atomic E-state index is 0.0458. The summed E-state index contributed by atoms with van der Waals surface area (Å²) in [5.41, 5.74) is 1.75. The standard InChI is InChI=1S/C22H25F2N7O2/c1-13(15-8-19(32)27-11-15)33-21-20-17(28-12-31(20)22(23)24)9-16(29-21)14-2-3-18(26-10-14)30-6-4-25-5-7-30/h2-3,9-10,12-13,15,22,25H,4-8,11H2,1H3,(H,27,32)/t13-,15?/m1/s1. The number of aromatic nitrogens is 4. The molecule has 9 nitrogen and oxygen atoms in total. The molecule has 0 aliphatic carbocycles. The number of carbonyl (C=O) groups is 1. The first kappa shape index (κ1) is 21.5. The van der Waals surface area contributed by atoms with Gasteiger partial charge in [0.1, 0.15) is 23.8 Å². The topological polar surface area (TPSA) is 97.2 Å². The lowest BCUT2D eigenvalue weighted by Crippen LogP contribution is -2.43. The summed E-state index contributed by atoms with van der Waals surface area (Å²) in [6.45, 7) is 3.11. The first-order chi connectivity index (χ1) is 16.0. The first-order valence-electron chi connectivity index (χ1n) is 11.0. The molecule has 2 aliphatic heterocycles. The van der Waals surface area contributed by atoms with Crippen LogP contribution < -0.4 is 20.3 Å². The number of nitrogens with one attached hydrogen (secondary N) is 2. The van der Waals surface area contributed by atoms with Gasteiger partial charge in [0.25, 0.3) is 0 Å². The Kier molecular flexibility index (Phi) is 5.79. The van der Waals surface area contributed by atoms with Gasteiger partial charge >= 0.3 is 6.55 Å². The van der Waals surface area contributed by atoms with E-state index < -0.39 is 12.7 Å². The van der Waals surface area contributed by atoms with Crippen molar-refractivity contribution >= 4 is 22.8 Å². The molecule has 33 heavy (non-hydrogen) atoms. The Hall–Kier alpha value is -3.34. The van der Waals surface area contributed by atoms with Gasteiger partial charge in [-0.2, -0.15) is 8.78 Å². The van der Waals surface area contributed by atoms with Crippen molar-refractivity contribution in [2.45, 2.75) is 26.0 Å². The number of carbonyl (C=O) groups excluding carboxylic acids is 1. The van der Waals surface area contributed by atoms with E-state index in [0.717, 1.165) is 48.5 Å². The average Bonchev–Trinajstić information content (AvgIpc) is 3.46. The van der Waals surface area contributed by atoms with E-state index in [1.807, 2.05) is 19.1 Å². The second-order valence-electron chi connectivity index (χ2n) is 8.34. The van der Waals surface area contributed by atoms with Crippen molar-refractivity contribution in [3.8, 4) is 17.1 Å². The number of fused-ring (bicyclic) bond motifs is 1. The highest BCUT2D eigenvalue weighted by Gasteiger charge is 2.29. The zero-order valence-corrected chi connectivity index (χ0v) is 18.2. The van der Waals surface area contributed by atoms with E-state index in [1.54, 1.807) is 12.3 Å². The third-order valence-corrected chi connectivity index (χ3v) is 6.19.